The zero-order chi connectivity index (χ0) is 17.0. The Morgan fingerprint density at radius 1 is 1.48 bits per heavy atom. The van der Waals surface area contributed by atoms with Gasteiger partial charge in [-0.2, -0.15) is 0 Å². The van der Waals surface area contributed by atoms with Gasteiger partial charge in [0.05, 0.1) is 6.61 Å². The highest BCUT2D eigenvalue weighted by atomic mass is 19.1. The highest BCUT2D eigenvalue weighted by Gasteiger charge is 2.48. The van der Waals surface area contributed by atoms with Gasteiger partial charge in [0.25, 0.3) is 0 Å². The minimum Gasteiger partial charge on any atom is -0.382 e. The molecule has 5 nitrogen and oxygen atoms in total. The number of primary amides is 1. The second kappa shape index (κ2) is 6.91. The van der Waals surface area contributed by atoms with Crippen molar-refractivity contribution in [1.82, 2.24) is 4.90 Å². The van der Waals surface area contributed by atoms with Crippen LogP contribution in [0, 0.1) is 5.82 Å². The molecular weight excluding hydrogens is 299 g/mol. The predicted octanol–water partition coefficient (Wildman–Crippen LogP) is 1.72. The molecule has 2 N–H and O–H groups in total. The molecule has 0 saturated carbocycles. The van der Waals surface area contributed by atoms with E-state index in [9.17, 15) is 14.0 Å². The summed E-state index contributed by atoms with van der Waals surface area (Å²) < 4.78 is 18.4. The van der Waals surface area contributed by atoms with Gasteiger partial charge in [-0.15, -0.1) is 0 Å². The number of allylic oxidation sites excluding steroid dienone is 1. The van der Waals surface area contributed by atoms with Gasteiger partial charge in [-0.25, -0.2) is 4.39 Å². The molecule has 1 atom stereocenters. The number of methoxy groups -OCH3 is 1. The van der Waals surface area contributed by atoms with Crippen LogP contribution in [0.1, 0.15) is 25.3 Å². The van der Waals surface area contributed by atoms with Crippen LogP contribution in [-0.4, -0.2) is 42.5 Å². The molecule has 0 bridgehead atoms. The maximum Gasteiger partial charge on any atom is 0.247 e. The number of hydrogen-bond acceptors (Lipinski definition) is 3. The van der Waals surface area contributed by atoms with Crippen molar-refractivity contribution < 1.29 is 18.7 Å². The zero-order valence-corrected chi connectivity index (χ0v) is 13.3. The lowest BCUT2D eigenvalue weighted by molar-refractivity contribution is -0.143. The van der Waals surface area contributed by atoms with E-state index in [1.165, 1.54) is 30.2 Å². The van der Waals surface area contributed by atoms with Crippen LogP contribution >= 0.6 is 0 Å². The Hall–Kier alpha value is -2.21. The topological polar surface area (TPSA) is 72.6 Å². The van der Waals surface area contributed by atoms with E-state index in [1.54, 1.807) is 19.1 Å². The molecule has 0 aromatic heterocycles. The summed E-state index contributed by atoms with van der Waals surface area (Å²) in [6.45, 7) is 2.24. The number of benzene rings is 1. The summed E-state index contributed by atoms with van der Waals surface area (Å²) in [5.41, 5.74) is 5.66. The first kappa shape index (κ1) is 17.1. The maximum atomic E-state index is 13.3. The molecule has 23 heavy (non-hydrogen) atoms. The number of carbonyl (C=O) groups excluding carboxylic acids is 2. The van der Waals surface area contributed by atoms with E-state index in [4.69, 9.17) is 10.5 Å². The first-order chi connectivity index (χ1) is 10.9. The summed E-state index contributed by atoms with van der Waals surface area (Å²) in [4.78, 5) is 26.0. The van der Waals surface area contributed by atoms with Crippen molar-refractivity contribution in [2.75, 3.05) is 20.3 Å². The van der Waals surface area contributed by atoms with Crippen LogP contribution in [0.3, 0.4) is 0 Å². The summed E-state index contributed by atoms with van der Waals surface area (Å²) in [5.74, 6) is -1.25. The number of carbonyl (C=O) groups is 2. The highest BCUT2D eigenvalue weighted by molar-refractivity contribution is 5.99. The van der Waals surface area contributed by atoms with E-state index in [-0.39, 0.29) is 18.3 Å². The molecule has 1 saturated heterocycles. The number of nitrogens with zero attached hydrogens (tertiary/aromatic N) is 1. The number of hydrogen-bond donors (Lipinski definition) is 1. The van der Waals surface area contributed by atoms with Crippen LogP contribution in [0.4, 0.5) is 4.39 Å². The zero-order valence-electron chi connectivity index (χ0n) is 13.3. The molecule has 1 aromatic carbocycles. The summed E-state index contributed by atoms with van der Waals surface area (Å²) in [7, 11) is 1.47. The fourth-order valence-electron chi connectivity index (χ4n) is 3.00. The molecule has 1 fully saturated rings. The Kier molecular flexibility index (Phi) is 5.15. The van der Waals surface area contributed by atoms with Gasteiger partial charge >= 0.3 is 0 Å². The molecule has 2 amide bonds. The number of nitrogens with two attached hydrogens (primary N) is 1. The third-order valence-electron chi connectivity index (χ3n) is 4.22. The normalized spacial score (nSPS) is 21.5. The first-order valence-corrected chi connectivity index (χ1v) is 7.45. The SMILES string of the molecule is COCC1(C(N)=O)CCCN1C(=O)/C=C(\C)c1cccc(F)c1. The number of amides is 2. The minimum atomic E-state index is -1.11. The van der Waals surface area contributed by atoms with Gasteiger partial charge in [0.2, 0.25) is 11.8 Å². The molecule has 6 heteroatoms. The van der Waals surface area contributed by atoms with Crippen molar-refractivity contribution in [3.05, 3.63) is 41.7 Å². The predicted molar refractivity (Wildman–Crippen MR) is 84.8 cm³/mol. The molecular formula is C17H21FN2O3. The Morgan fingerprint density at radius 3 is 2.83 bits per heavy atom. The fourth-order valence-corrected chi connectivity index (χ4v) is 3.00. The fraction of sp³-hybridized carbons (Fsp3) is 0.412. The van der Waals surface area contributed by atoms with E-state index < -0.39 is 11.4 Å². The second-order valence-electron chi connectivity index (χ2n) is 5.76. The monoisotopic (exact) mass is 320 g/mol. The Morgan fingerprint density at radius 2 is 2.22 bits per heavy atom. The van der Waals surface area contributed by atoms with Crippen molar-refractivity contribution in [1.29, 1.82) is 0 Å². The van der Waals surface area contributed by atoms with Gasteiger partial charge in [-0.1, -0.05) is 12.1 Å². The third kappa shape index (κ3) is 3.42. The van der Waals surface area contributed by atoms with Crippen LogP contribution in [0.2, 0.25) is 0 Å². The van der Waals surface area contributed by atoms with Gasteiger partial charge in [-0.3, -0.25) is 9.59 Å². The van der Waals surface area contributed by atoms with Crippen LogP contribution in [0.15, 0.2) is 30.3 Å². The van der Waals surface area contributed by atoms with Gasteiger partial charge in [0.1, 0.15) is 11.4 Å². The van der Waals surface area contributed by atoms with E-state index >= 15 is 0 Å². The van der Waals surface area contributed by atoms with Crippen LogP contribution < -0.4 is 5.73 Å². The Balaban J connectivity index is 2.28. The Labute approximate surface area is 134 Å². The molecule has 2 rings (SSSR count). The minimum absolute atomic E-state index is 0.0704. The van der Waals surface area contributed by atoms with Crippen LogP contribution in [0.5, 0.6) is 0 Å². The van der Waals surface area contributed by atoms with E-state index in [1.807, 2.05) is 0 Å². The van der Waals surface area contributed by atoms with Crippen molar-refractivity contribution in [3.8, 4) is 0 Å². The molecule has 0 spiro atoms. The lowest BCUT2D eigenvalue weighted by Crippen LogP contribution is -2.58. The van der Waals surface area contributed by atoms with Crippen molar-refractivity contribution in [2.24, 2.45) is 5.73 Å². The van der Waals surface area contributed by atoms with Gasteiger partial charge in [-0.05, 0) is 43.0 Å². The van der Waals surface area contributed by atoms with Crippen LogP contribution in [-0.2, 0) is 14.3 Å². The molecule has 1 aliphatic rings. The largest absolute Gasteiger partial charge is 0.382 e. The molecule has 1 unspecified atom stereocenters. The molecule has 0 radical (unpaired) electrons. The van der Waals surface area contributed by atoms with Crippen molar-refractivity contribution in [2.45, 2.75) is 25.3 Å². The third-order valence-corrected chi connectivity index (χ3v) is 4.22. The van der Waals surface area contributed by atoms with E-state index in [2.05, 4.69) is 0 Å². The lowest BCUT2D eigenvalue weighted by atomic mass is 9.96. The second-order valence-corrected chi connectivity index (χ2v) is 5.76. The quantitative estimate of drug-likeness (QED) is 0.840. The molecule has 1 heterocycles. The highest BCUT2D eigenvalue weighted by Crippen LogP contribution is 2.30. The molecule has 124 valence electrons. The first-order valence-electron chi connectivity index (χ1n) is 7.45. The number of rotatable bonds is 5. The Bertz CT molecular complexity index is 644. The van der Waals surface area contributed by atoms with Gasteiger partial charge in [0.15, 0.2) is 0 Å². The van der Waals surface area contributed by atoms with Crippen LogP contribution in [0.25, 0.3) is 5.57 Å². The maximum absolute atomic E-state index is 13.3. The van der Waals surface area contributed by atoms with Crippen molar-refractivity contribution >= 4 is 17.4 Å². The van der Waals surface area contributed by atoms with E-state index in [0.717, 1.165) is 0 Å². The van der Waals surface area contributed by atoms with Gasteiger partial charge < -0.3 is 15.4 Å². The summed E-state index contributed by atoms with van der Waals surface area (Å²) in [6, 6.07) is 6.01. The average Bonchev–Trinajstić information content (AvgIpc) is 2.92. The van der Waals surface area contributed by atoms with Crippen molar-refractivity contribution in [3.63, 3.8) is 0 Å². The molecule has 1 aromatic rings. The van der Waals surface area contributed by atoms with Gasteiger partial charge in [0, 0.05) is 19.7 Å². The average molecular weight is 320 g/mol. The summed E-state index contributed by atoms with van der Waals surface area (Å²) >= 11 is 0. The summed E-state index contributed by atoms with van der Waals surface area (Å²) in [5, 5.41) is 0. The smallest absolute Gasteiger partial charge is 0.247 e. The number of likely N-dealkylation sites (tertiary alicyclic amines) is 1. The lowest BCUT2D eigenvalue weighted by Gasteiger charge is -2.34. The number of halogens is 1. The molecule has 1 aliphatic heterocycles. The molecule has 0 aliphatic carbocycles. The standard InChI is InChI=1S/C17H21FN2O3/c1-12(13-5-3-6-14(18)10-13)9-15(21)20-8-4-7-17(20,11-23-2)16(19)22/h3,5-6,9-10H,4,7-8,11H2,1-2H3,(H2,19,22)/b12-9+. The summed E-state index contributed by atoms with van der Waals surface area (Å²) in [6.07, 6.45) is 2.58. The number of ether oxygens (including phenoxy) is 1. The van der Waals surface area contributed by atoms with E-state index in [0.29, 0.717) is 30.5 Å².